The van der Waals surface area contributed by atoms with Crippen molar-refractivity contribution in [2.45, 2.75) is 45.1 Å². The summed E-state index contributed by atoms with van der Waals surface area (Å²) in [6.45, 7) is 3.97. The van der Waals surface area contributed by atoms with Crippen LogP contribution in [0.15, 0.2) is 42.5 Å². The molecule has 0 spiro atoms. The van der Waals surface area contributed by atoms with Crippen molar-refractivity contribution in [1.29, 1.82) is 0 Å². The predicted octanol–water partition coefficient (Wildman–Crippen LogP) is 5.03. The molecule has 0 bridgehead atoms. The summed E-state index contributed by atoms with van der Waals surface area (Å²) in [5, 5.41) is 6.11. The van der Waals surface area contributed by atoms with Gasteiger partial charge in [0.05, 0.1) is 5.54 Å². The van der Waals surface area contributed by atoms with Crippen molar-refractivity contribution in [3.8, 4) is 0 Å². The Labute approximate surface area is 142 Å². The smallest absolute Gasteiger partial charge is 0.319 e. The first-order valence-electron chi connectivity index (χ1n) is 8.41. The van der Waals surface area contributed by atoms with E-state index in [1.165, 1.54) is 12.1 Å². The van der Waals surface area contributed by atoms with Gasteiger partial charge in [0.15, 0.2) is 0 Å². The van der Waals surface area contributed by atoms with Crippen molar-refractivity contribution in [3.05, 3.63) is 65.0 Å². The van der Waals surface area contributed by atoms with Gasteiger partial charge in [-0.25, -0.2) is 9.18 Å². The largest absolute Gasteiger partial charge is 0.328 e. The predicted molar refractivity (Wildman–Crippen MR) is 94.6 cm³/mol. The number of benzene rings is 2. The normalized spacial score (nSPS) is 16.0. The maximum absolute atomic E-state index is 13.2. The summed E-state index contributed by atoms with van der Waals surface area (Å²) in [5.41, 5.74) is 3.51. The van der Waals surface area contributed by atoms with Crippen LogP contribution >= 0.6 is 0 Å². The lowest BCUT2D eigenvalue weighted by atomic mass is 9.88. The third-order valence-corrected chi connectivity index (χ3v) is 4.85. The number of amides is 2. The summed E-state index contributed by atoms with van der Waals surface area (Å²) in [7, 11) is 0. The van der Waals surface area contributed by atoms with Crippen LogP contribution in [0, 0.1) is 19.7 Å². The third-order valence-electron chi connectivity index (χ3n) is 4.85. The van der Waals surface area contributed by atoms with Crippen LogP contribution in [-0.2, 0) is 5.54 Å². The Kier molecular flexibility index (Phi) is 4.56. The summed E-state index contributed by atoms with van der Waals surface area (Å²) < 4.78 is 13.2. The molecule has 2 amide bonds. The number of anilines is 1. The van der Waals surface area contributed by atoms with Gasteiger partial charge in [-0.05, 0) is 61.6 Å². The zero-order valence-electron chi connectivity index (χ0n) is 14.2. The number of hydrogen-bond acceptors (Lipinski definition) is 1. The van der Waals surface area contributed by atoms with E-state index < -0.39 is 5.54 Å². The third kappa shape index (κ3) is 3.42. The van der Waals surface area contributed by atoms with Gasteiger partial charge in [-0.15, -0.1) is 0 Å². The molecule has 0 saturated heterocycles. The highest BCUT2D eigenvalue weighted by molar-refractivity contribution is 5.90. The maximum Gasteiger partial charge on any atom is 0.319 e. The van der Waals surface area contributed by atoms with Gasteiger partial charge in [-0.2, -0.15) is 0 Å². The minimum absolute atomic E-state index is 0.213. The number of nitrogens with one attached hydrogen (secondary N) is 2. The van der Waals surface area contributed by atoms with Crippen LogP contribution in [0.5, 0.6) is 0 Å². The molecule has 1 saturated carbocycles. The van der Waals surface area contributed by atoms with Gasteiger partial charge >= 0.3 is 6.03 Å². The second-order valence-electron chi connectivity index (χ2n) is 6.69. The Hall–Kier alpha value is -2.36. The molecule has 2 aromatic rings. The van der Waals surface area contributed by atoms with Crippen molar-refractivity contribution in [2.24, 2.45) is 0 Å². The zero-order chi connectivity index (χ0) is 17.2. The van der Waals surface area contributed by atoms with Crippen LogP contribution in [-0.4, -0.2) is 6.03 Å². The lowest BCUT2D eigenvalue weighted by Crippen LogP contribution is -2.45. The molecule has 0 heterocycles. The topological polar surface area (TPSA) is 41.1 Å². The van der Waals surface area contributed by atoms with Gasteiger partial charge in [0.1, 0.15) is 5.82 Å². The van der Waals surface area contributed by atoms with Gasteiger partial charge in [0, 0.05) is 5.69 Å². The number of urea groups is 1. The molecule has 1 aliphatic rings. The number of rotatable bonds is 3. The first-order valence-corrected chi connectivity index (χ1v) is 8.41. The van der Waals surface area contributed by atoms with Crippen molar-refractivity contribution in [1.82, 2.24) is 5.32 Å². The van der Waals surface area contributed by atoms with E-state index in [4.69, 9.17) is 0 Å². The summed E-state index contributed by atoms with van der Waals surface area (Å²) in [4.78, 5) is 12.6. The molecule has 3 rings (SSSR count). The second-order valence-corrected chi connectivity index (χ2v) is 6.69. The summed E-state index contributed by atoms with van der Waals surface area (Å²) in [6.07, 6.45) is 3.86. The van der Waals surface area contributed by atoms with E-state index in [0.717, 1.165) is 48.1 Å². The Morgan fingerprint density at radius 3 is 2.38 bits per heavy atom. The van der Waals surface area contributed by atoms with E-state index in [0.29, 0.717) is 0 Å². The highest BCUT2D eigenvalue weighted by Crippen LogP contribution is 2.38. The Morgan fingerprint density at radius 1 is 1.04 bits per heavy atom. The molecule has 2 N–H and O–H groups in total. The van der Waals surface area contributed by atoms with Crippen LogP contribution in [0.25, 0.3) is 0 Å². The SMILES string of the molecule is Cc1ccc(C)c(NC(=O)NC2(c3ccc(F)cc3)CCCC2)c1. The molecule has 1 fully saturated rings. The molecular formula is C20H23FN2O. The molecule has 1 aliphatic carbocycles. The summed E-state index contributed by atoms with van der Waals surface area (Å²) >= 11 is 0. The van der Waals surface area contributed by atoms with Gasteiger partial charge in [0.25, 0.3) is 0 Å². The van der Waals surface area contributed by atoms with Crippen LogP contribution in [0.2, 0.25) is 0 Å². The quantitative estimate of drug-likeness (QED) is 0.815. The van der Waals surface area contributed by atoms with E-state index in [-0.39, 0.29) is 11.8 Å². The zero-order valence-corrected chi connectivity index (χ0v) is 14.2. The van der Waals surface area contributed by atoms with Crippen LogP contribution in [0.1, 0.15) is 42.4 Å². The Morgan fingerprint density at radius 2 is 1.71 bits per heavy atom. The van der Waals surface area contributed by atoms with Crippen molar-refractivity contribution >= 4 is 11.7 Å². The highest BCUT2D eigenvalue weighted by Gasteiger charge is 2.37. The second kappa shape index (κ2) is 6.63. The van der Waals surface area contributed by atoms with Crippen molar-refractivity contribution in [3.63, 3.8) is 0 Å². The van der Waals surface area contributed by atoms with Gasteiger partial charge < -0.3 is 10.6 Å². The number of carbonyl (C=O) groups excluding carboxylic acids is 1. The molecule has 0 radical (unpaired) electrons. The van der Waals surface area contributed by atoms with E-state index in [9.17, 15) is 9.18 Å². The molecule has 2 aromatic carbocycles. The number of aryl methyl sites for hydroxylation is 2. The first kappa shape index (κ1) is 16.5. The monoisotopic (exact) mass is 326 g/mol. The molecule has 0 atom stereocenters. The summed E-state index contributed by atoms with van der Waals surface area (Å²) in [5.74, 6) is -0.258. The van der Waals surface area contributed by atoms with Crippen molar-refractivity contribution < 1.29 is 9.18 Å². The molecule has 4 heteroatoms. The fourth-order valence-corrected chi connectivity index (χ4v) is 3.47. The molecular weight excluding hydrogens is 303 g/mol. The van der Waals surface area contributed by atoms with Crippen LogP contribution < -0.4 is 10.6 Å². The fraction of sp³-hybridized carbons (Fsp3) is 0.350. The standard InChI is InChI=1S/C20H23FN2O/c1-14-5-6-15(2)18(13-14)22-19(24)23-20(11-3-4-12-20)16-7-9-17(21)10-8-16/h5-10,13H,3-4,11-12H2,1-2H3,(H2,22,23,24). The number of halogens is 1. The van der Waals surface area contributed by atoms with E-state index in [1.807, 2.05) is 32.0 Å². The molecule has 3 nitrogen and oxygen atoms in total. The Balaban J connectivity index is 1.79. The van der Waals surface area contributed by atoms with Gasteiger partial charge in [-0.1, -0.05) is 37.1 Å². The fourth-order valence-electron chi connectivity index (χ4n) is 3.47. The number of carbonyl (C=O) groups is 1. The Bertz CT molecular complexity index is 734. The minimum Gasteiger partial charge on any atom is -0.328 e. The van der Waals surface area contributed by atoms with Crippen LogP contribution in [0.4, 0.5) is 14.9 Å². The number of hydrogen-bond donors (Lipinski definition) is 2. The van der Waals surface area contributed by atoms with E-state index in [2.05, 4.69) is 10.6 Å². The van der Waals surface area contributed by atoms with E-state index >= 15 is 0 Å². The summed E-state index contributed by atoms with van der Waals surface area (Å²) in [6, 6.07) is 12.2. The van der Waals surface area contributed by atoms with E-state index in [1.54, 1.807) is 12.1 Å². The highest BCUT2D eigenvalue weighted by atomic mass is 19.1. The van der Waals surface area contributed by atoms with Crippen LogP contribution in [0.3, 0.4) is 0 Å². The van der Waals surface area contributed by atoms with Gasteiger partial charge in [-0.3, -0.25) is 0 Å². The molecule has 126 valence electrons. The molecule has 24 heavy (non-hydrogen) atoms. The van der Waals surface area contributed by atoms with Gasteiger partial charge in [0.2, 0.25) is 0 Å². The van der Waals surface area contributed by atoms with Crippen molar-refractivity contribution in [2.75, 3.05) is 5.32 Å². The first-order chi connectivity index (χ1) is 11.5. The average molecular weight is 326 g/mol. The minimum atomic E-state index is -0.407. The molecule has 0 unspecified atom stereocenters. The molecule has 0 aromatic heterocycles. The molecule has 0 aliphatic heterocycles. The lowest BCUT2D eigenvalue weighted by Gasteiger charge is -2.31. The average Bonchev–Trinajstić information content (AvgIpc) is 3.01. The maximum atomic E-state index is 13.2. The lowest BCUT2D eigenvalue weighted by molar-refractivity contribution is 0.236.